The number of carbonyl (C=O) groups is 3. The Bertz CT molecular complexity index is 1440. The van der Waals surface area contributed by atoms with E-state index in [9.17, 15) is 19.5 Å². The maximum atomic E-state index is 13.2. The third kappa shape index (κ3) is 5.48. The van der Waals surface area contributed by atoms with Crippen molar-refractivity contribution in [1.29, 1.82) is 0 Å². The highest BCUT2D eigenvalue weighted by atomic mass is 32.2. The predicted octanol–water partition coefficient (Wildman–Crippen LogP) is 0.315. The minimum Gasteiger partial charge on any atom is -0.477 e. The van der Waals surface area contributed by atoms with Crippen molar-refractivity contribution < 1.29 is 24.3 Å². The van der Waals surface area contributed by atoms with Gasteiger partial charge in [-0.2, -0.15) is 0 Å². The maximum absolute atomic E-state index is 13.2. The first-order valence-corrected chi connectivity index (χ1v) is 14.4. The molecule has 3 aliphatic rings. The number of carboxylic acids is 1. The molecule has 2 aromatic rings. The molecule has 0 spiro atoms. The quantitative estimate of drug-likeness (QED) is 0.0863. The van der Waals surface area contributed by atoms with Crippen molar-refractivity contribution in [3.8, 4) is 12.3 Å². The minimum absolute atomic E-state index is 0.116. The Labute approximate surface area is 234 Å². The number of fused-ring (bicyclic) bond motifs is 1. The standard InChI is InChI=1S/C22H21N9O5S3/c1-2-7-30-22(26-28-29-30)39-9-11-8-37-19-15(18(33)31(19)16(11)20(34)35)25-17(32)14(13-10-38-21(23)24-13)27-36-12-5-3-4-6-12/h1,3,5,10,12,15,19H,4,6-9H2,(H2,23,24)(H,25,32)(H,34,35)/b27-14-/t12?,15?,19-/m1/s1. The molecule has 4 N–H and O–H groups in total. The summed E-state index contributed by atoms with van der Waals surface area (Å²) >= 11 is 3.70. The SMILES string of the molecule is C#CCn1nnnc1SCC1=C(C(=O)O)N2C(=O)C(NC(=O)/C(=N\OC3C=CCC3)c3csc(N)n3)[C@H]2SC1. The molecule has 1 aliphatic carbocycles. The summed E-state index contributed by atoms with van der Waals surface area (Å²) in [7, 11) is 0. The zero-order valence-corrected chi connectivity index (χ0v) is 22.5. The summed E-state index contributed by atoms with van der Waals surface area (Å²) in [6.07, 6.45) is 10.4. The second-order valence-electron chi connectivity index (χ2n) is 8.39. The van der Waals surface area contributed by atoms with Crippen molar-refractivity contribution in [2.75, 3.05) is 17.2 Å². The van der Waals surface area contributed by atoms with Gasteiger partial charge in [0.25, 0.3) is 11.8 Å². The minimum atomic E-state index is -1.24. The summed E-state index contributed by atoms with van der Waals surface area (Å²) in [6, 6.07) is -0.957. The zero-order chi connectivity index (χ0) is 27.5. The summed E-state index contributed by atoms with van der Waals surface area (Å²) in [5, 5.41) is 29.6. The van der Waals surface area contributed by atoms with Crippen molar-refractivity contribution in [3.63, 3.8) is 0 Å². The topological polar surface area (TPSA) is 191 Å². The monoisotopic (exact) mass is 587 g/mol. The number of aliphatic carboxylic acids is 1. The summed E-state index contributed by atoms with van der Waals surface area (Å²) in [4.78, 5) is 49.3. The number of β-lactam (4-membered cyclic amide) rings is 1. The Morgan fingerprint density at radius 1 is 1.44 bits per heavy atom. The van der Waals surface area contributed by atoms with E-state index in [4.69, 9.17) is 17.0 Å². The molecule has 3 atom stereocenters. The third-order valence-corrected chi connectivity index (χ3v) is 8.94. The van der Waals surface area contributed by atoms with Crippen molar-refractivity contribution in [1.82, 2.24) is 35.4 Å². The Balaban J connectivity index is 1.30. The number of aromatic nitrogens is 5. The molecule has 5 rings (SSSR count). The van der Waals surface area contributed by atoms with Gasteiger partial charge in [-0.25, -0.2) is 14.5 Å². The van der Waals surface area contributed by atoms with Crippen LogP contribution in [0.1, 0.15) is 18.5 Å². The molecular weight excluding hydrogens is 567 g/mol. The molecule has 2 aliphatic heterocycles. The molecule has 2 aromatic heterocycles. The number of tetrazole rings is 1. The van der Waals surface area contributed by atoms with Crippen LogP contribution < -0.4 is 11.1 Å². The number of thiazole rings is 1. The van der Waals surface area contributed by atoms with Gasteiger partial charge < -0.3 is 21.0 Å². The molecule has 0 saturated carbocycles. The second kappa shape index (κ2) is 11.5. The fourth-order valence-corrected chi connectivity index (χ4v) is 6.96. The molecular formula is C22H21N9O5S3. The van der Waals surface area contributed by atoms with Crippen LogP contribution >= 0.6 is 34.9 Å². The first kappa shape index (κ1) is 26.7. The smallest absolute Gasteiger partial charge is 0.352 e. The lowest BCUT2D eigenvalue weighted by Crippen LogP contribution is -2.71. The molecule has 17 heteroatoms. The van der Waals surface area contributed by atoms with Crippen molar-refractivity contribution in [2.24, 2.45) is 5.16 Å². The van der Waals surface area contributed by atoms with Crippen LogP contribution in [0.25, 0.3) is 0 Å². The van der Waals surface area contributed by atoms with Gasteiger partial charge in [-0.1, -0.05) is 28.9 Å². The Hall–Kier alpha value is -3.88. The van der Waals surface area contributed by atoms with Gasteiger partial charge >= 0.3 is 5.97 Å². The highest BCUT2D eigenvalue weighted by Gasteiger charge is 2.54. The molecule has 4 heterocycles. The molecule has 14 nitrogen and oxygen atoms in total. The van der Waals surface area contributed by atoms with E-state index in [1.54, 1.807) is 5.38 Å². The lowest BCUT2D eigenvalue weighted by molar-refractivity contribution is -0.150. The highest BCUT2D eigenvalue weighted by Crippen LogP contribution is 2.41. The van der Waals surface area contributed by atoms with Crippen LogP contribution in [0.2, 0.25) is 0 Å². The molecule has 39 heavy (non-hydrogen) atoms. The largest absolute Gasteiger partial charge is 0.477 e. The predicted molar refractivity (Wildman–Crippen MR) is 143 cm³/mol. The summed E-state index contributed by atoms with van der Waals surface area (Å²) < 4.78 is 1.42. The third-order valence-electron chi connectivity index (χ3n) is 5.88. The number of oxime groups is 1. The lowest BCUT2D eigenvalue weighted by atomic mass is 10.0. The van der Waals surface area contributed by atoms with Gasteiger partial charge in [0.2, 0.25) is 5.16 Å². The van der Waals surface area contributed by atoms with E-state index in [1.807, 2.05) is 12.2 Å². The van der Waals surface area contributed by atoms with E-state index in [-0.39, 0.29) is 40.6 Å². The van der Waals surface area contributed by atoms with Crippen molar-refractivity contribution in [3.05, 3.63) is 34.5 Å². The van der Waals surface area contributed by atoms with E-state index in [2.05, 4.69) is 36.9 Å². The summed E-state index contributed by atoms with van der Waals surface area (Å²) in [5.74, 6) is 0.546. The zero-order valence-electron chi connectivity index (χ0n) is 20.1. The first-order valence-electron chi connectivity index (χ1n) is 11.5. The summed E-state index contributed by atoms with van der Waals surface area (Å²) in [5.41, 5.74) is 6.25. The fraction of sp³-hybridized carbons (Fsp3) is 0.364. The molecule has 1 fully saturated rings. The van der Waals surface area contributed by atoms with E-state index in [0.717, 1.165) is 24.2 Å². The van der Waals surface area contributed by atoms with Crippen LogP contribution in [-0.2, 0) is 25.8 Å². The average molecular weight is 588 g/mol. The molecule has 0 aromatic carbocycles. The molecule has 2 unspecified atom stereocenters. The molecule has 0 bridgehead atoms. The van der Waals surface area contributed by atoms with E-state index in [0.29, 0.717) is 16.5 Å². The number of nitrogens with one attached hydrogen (secondary N) is 1. The van der Waals surface area contributed by atoms with Crippen LogP contribution in [0.15, 0.2) is 39.1 Å². The van der Waals surface area contributed by atoms with Crippen molar-refractivity contribution in [2.45, 2.75) is 42.1 Å². The van der Waals surface area contributed by atoms with Gasteiger partial charge in [-0.3, -0.25) is 14.5 Å². The fourth-order valence-electron chi connectivity index (χ4n) is 4.06. The lowest BCUT2D eigenvalue weighted by Gasteiger charge is -2.49. The van der Waals surface area contributed by atoms with E-state index in [1.165, 1.54) is 33.1 Å². The van der Waals surface area contributed by atoms with Gasteiger partial charge in [0.1, 0.15) is 35.5 Å². The van der Waals surface area contributed by atoms with Crippen LogP contribution in [0.4, 0.5) is 5.13 Å². The van der Waals surface area contributed by atoms with Crippen LogP contribution in [0.5, 0.6) is 0 Å². The van der Waals surface area contributed by atoms with Gasteiger partial charge in [0.05, 0.1) is 0 Å². The number of allylic oxidation sites excluding steroid dienone is 1. The number of rotatable bonds is 10. The maximum Gasteiger partial charge on any atom is 0.352 e. The van der Waals surface area contributed by atoms with Gasteiger partial charge in [-0.05, 0) is 34.9 Å². The van der Waals surface area contributed by atoms with Crippen LogP contribution in [-0.4, -0.2) is 87.7 Å². The number of nitrogen functional groups attached to an aromatic ring is 1. The number of carbonyl (C=O) groups excluding carboxylic acids is 2. The molecule has 1 saturated heterocycles. The Morgan fingerprint density at radius 2 is 2.28 bits per heavy atom. The molecule has 202 valence electrons. The normalized spacial score (nSPS) is 22.3. The average Bonchev–Trinajstić information content (AvgIpc) is 3.69. The van der Waals surface area contributed by atoms with Gasteiger partial charge in [-0.15, -0.1) is 34.6 Å². The number of nitrogens with zero attached hydrogens (tertiary/aromatic N) is 7. The molecule has 2 amide bonds. The summed E-state index contributed by atoms with van der Waals surface area (Å²) in [6.45, 7) is 0.171. The van der Waals surface area contributed by atoms with Crippen LogP contribution in [0, 0.1) is 12.3 Å². The Morgan fingerprint density at radius 3 is 2.97 bits per heavy atom. The number of thioether (sulfide) groups is 2. The van der Waals surface area contributed by atoms with Gasteiger partial charge in [0.15, 0.2) is 10.8 Å². The number of amides is 2. The number of anilines is 1. The first-order chi connectivity index (χ1) is 18.9. The second-order valence-corrected chi connectivity index (χ2v) is 11.3. The highest BCUT2D eigenvalue weighted by molar-refractivity contribution is 8.01. The number of hydrogen-bond acceptors (Lipinski definition) is 13. The number of hydrogen-bond donors (Lipinski definition) is 3. The number of nitrogens with two attached hydrogens (primary N) is 1. The van der Waals surface area contributed by atoms with Crippen molar-refractivity contribution >= 4 is 63.5 Å². The van der Waals surface area contributed by atoms with Gasteiger partial charge in [0, 0.05) is 16.9 Å². The Kier molecular flexibility index (Phi) is 7.86. The molecule has 0 radical (unpaired) electrons. The number of terminal acetylenes is 1. The van der Waals surface area contributed by atoms with Crippen LogP contribution in [0.3, 0.4) is 0 Å². The number of carboxylic acid groups (broad SMARTS) is 1. The van der Waals surface area contributed by atoms with E-state index >= 15 is 0 Å². The van der Waals surface area contributed by atoms with E-state index < -0.39 is 29.2 Å².